The van der Waals surface area contributed by atoms with Gasteiger partial charge in [0.05, 0.1) is 12.3 Å². The van der Waals surface area contributed by atoms with Gasteiger partial charge in [0.15, 0.2) is 17.5 Å². The summed E-state index contributed by atoms with van der Waals surface area (Å²) in [4.78, 5) is 4.26. The van der Waals surface area contributed by atoms with Crippen LogP contribution >= 0.6 is 24.0 Å². The van der Waals surface area contributed by atoms with Crippen LogP contribution in [0.15, 0.2) is 23.2 Å². The molecule has 0 amide bonds. The number of halogens is 1. The first-order chi connectivity index (χ1) is 11.0. The van der Waals surface area contributed by atoms with E-state index in [0.29, 0.717) is 19.0 Å². The molecule has 1 aliphatic heterocycles. The van der Waals surface area contributed by atoms with E-state index in [2.05, 4.69) is 15.6 Å². The first-order valence-corrected chi connectivity index (χ1v) is 9.62. The van der Waals surface area contributed by atoms with Crippen LogP contribution in [-0.4, -0.2) is 52.8 Å². The van der Waals surface area contributed by atoms with Crippen molar-refractivity contribution in [3.63, 3.8) is 0 Å². The molecule has 7 nitrogen and oxygen atoms in total. The highest BCUT2D eigenvalue weighted by atomic mass is 127. The van der Waals surface area contributed by atoms with Gasteiger partial charge in [-0.1, -0.05) is 6.07 Å². The molecule has 9 heteroatoms. The molecule has 1 heterocycles. The summed E-state index contributed by atoms with van der Waals surface area (Å²) in [7, 11) is -2.99. The van der Waals surface area contributed by atoms with Crippen LogP contribution < -0.4 is 20.1 Å². The van der Waals surface area contributed by atoms with Gasteiger partial charge < -0.3 is 20.1 Å². The number of fused-ring (bicyclic) bond motifs is 1. The van der Waals surface area contributed by atoms with Crippen molar-refractivity contribution in [2.24, 2.45) is 4.99 Å². The minimum atomic E-state index is -2.99. The molecule has 0 bridgehead atoms. The predicted octanol–water partition coefficient (Wildman–Crippen LogP) is 1.18. The van der Waals surface area contributed by atoms with Gasteiger partial charge >= 0.3 is 0 Å². The molecule has 1 aromatic carbocycles. The molecule has 0 unspecified atom stereocenters. The smallest absolute Gasteiger partial charge is 0.231 e. The summed E-state index contributed by atoms with van der Waals surface area (Å²) >= 11 is 0. The van der Waals surface area contributed by atoms with Crippen LogP contribution in [-0.2, 0) is 16.3 Å². The van der Waals surface area contributed by atoms with Crippen LogP contribution in [0, 0.1) is 0 Å². The van der Waals surface area contributed by atoms with Crippen LogP contribution in [0.5, 0.6) is 11.5 Å². The van der Waals surface area contributed by atoms with Crippen molar-refractivity contribution in [1.29, 1.82) is 0 Å². The van der Waals surface area contributed by atoms with Gasteiger partial charge in [-0.15, -0.1) is 24.0 Å². The van der Waals surface area contributed by atoms with E-state index in [1.807, 2.05) is 25.1 Å². The first kappa shape index (κ1) is 20.8. The zero-order valence-corrected chi connectivity index (χ0v) is 17.0. The van der Waals surface area contributed by atoms with E-state index in [9.17, 15) is 8.42 Å². The van der Waals surface area contributed by atoms with Crippen LogP contribution in [0.4, 0.5) is 0 Å². The molecule has 2 rings (SSSR count). The fourth-order valence-corrected chi connectivity index (χ4v) is 2.51. The summed E-state index contributed by atoms with van der Waals surface area (Å²) in [5, 5.41) is 6.29. The second kappa shape index (κ2) is 9.92. The minimum Gasteiger partial charge on any atom is -0.454 e. The summed E-state index contributed by atoms with van der Waals surface area (Å²) in [6.07, 6.45) is 2.01. The molecule has 0 saturated carbocycles. The Morgan fingerprint density at radius 2 is 2.00 bits per heavy atom. The lowest BCUT2D eigenvalue weighted by Crippen LogP contribution is -2.38. The quantitative estimate of drug-likeness (QED) is 0.354. The standard InChI is InChI=1S/C15H23N3O4S.HI/c1-3-16-15(18-8-9-23(2,19)20)17-7-6-12-4-5-13-14(10-12)22-11-21-13;/h4-5,10H,3,6-9,11H2,1-2H3,(H2,16,17,18);1H. The molecule has 0 aliphatic carbocycles. The molecule has 1 aliphatic rings. The molecular weight excluding hydrogens is 445 g/mol. The topological polar surface area (TPSA) is 89.0 Å². The van der Waals surface area contributed by atoms with Crippen molar-refractivity contribution in [2.45, 2.75) is 13.3 Å². The molecule has 136 valence electrons. The molecule has 2 N–H and O–H groups in total. The van der Waals surface area contributed by atoms with Gasteiger partial charge in [0.2, 0.25) is 6.79 Å². The Balaban J connectivity index is 0.00000288. The normalized spacial score (nSPS) is 13.3. The number of hydrogen-bond acceptors (Lipinski definition) is 5. The summed E-state index contributed by atoms with van der Waals surface area (Å²) in [5.41, 5.74) is 1.13. The summed E-state index contributed by atoms with van der Waals surface area (Å²) in [5.74, 6) is 2.22. The van der Waals surface area contributed by atoms with E-state index in [-0.39, 0.29) is 43.1 Å². The van der Waals surface area contributed by atoms with E-state index in [0.717, 1.165) is 23.5 Å². The van der Waals surface area contributed by atoms with Gasteiger partial charge in [-0.05, 0) is 31.0 Å². The molecule has 0 saturated heterocycles. The number of nitrogens with one attached hydrogen (secondary N) is 2. The maximum atomic E-state index is 11.1. The molecule has 0 aromatic heterocycles. The van der Waals surface area contributed by atoms with Crippen LogP contribution in [0.2, 0.25) is 0 Å². The second-order valence-corrected chi connectivity index (χ2v) is 7.51. The Morgan fingerprint density at radius 1 is 1.25 bits per heavy atom. The number of sulfone groups is 1. The Bertz CT molecular complexity index is 665. The van der Waals surface area contributed by atoms with Crippen molar-refractivity contribution in [2.75, 3.05) is 38.4 Å². The zero-order chi connectivity index (χ0) is 16.7. The molecule has 0 atom stereocenters. The van der Waals surface area contributed by atoms with Crippen molar-refractivity contribution in [3.05, 3.63) is 23.8 Å². The van der Waals surface area contributed by atoms with Crippen molar-refractivity contribution < 1.29 is 17.9 Å². The third-order valence-corrected chi connectivity index (χ3v) is 4.14. The van der Waals surface area contributed by atoms with Gasteiger partial charge in [0.1, 0.15) is 9.84 Å². The third-order valence-electron chi connectivity index (χ3n) is 3.22. The molecular formula is C15H24IN3O4S. The predicted molar refractivity (Wildman–Crippen MR) is 105 cm³/mol. The number of guanidine groups is 1. The number of aliphatic imine (C=N–C) groups is 1. The molecule has 24 heavy (non-hydrogen) atoms. The summed E-state index contributed by atoms with van der Waals surface area (Å²) in [6.45, 7) is 3.89. The summed E-state index contributed by atoms with van der Waals surface area (Å²) in [6, 6.07) is 5.88. The van der Waals surface area contributed by atoms with Gasteiger partial charge in [-0.2, -0.15) is 0 Å². The first-order valence-electron chi connectivity index (χ1n) is 7.56. The molecule has 0 spiro atoms. The fourth-order valence-electron chi connectivity index (χ4n) is 2.09. The Hall–Kier alpha value is -1.23. The zero-order valence-electron chi connectivity index (χ0n) is 13.9. The number of rotatable bonds is 7. The van der Waals surface area contributed by atoms with E-state index in [1.165, 1.54) is 6.26 Å². The number of hydrogen-bond donors (Lipinski definition) is 2. The van der Waals surface area contributed by atoms with E-state index >= 15 is 0 Å². The fraction of sp³-hybridized carbons (Fsp3) is 0.533. The van der Waals surface area contributed by atoms with Crippen LogP contribution in [0.25, 0.3) is 0 Å². The maximum Gasteiger partial charge on any atom is 0.231 e. The molecule has 1 aromatic rings. The average molecular weight is 469 g/mol. The second-order valence-electron chi connectivity index (χ2n) is 5.25. The monoisotopic (exact) mass is 469 g/mol. The highest BCUT2D eigenvalue weighted by Crippen LogP contribution is 2.32. The molecule has 0 fully saturated rings. The number of ether oxygens (including phenoxy) is 2. The molecule has 0 radical (unpaired) electrons. The maximum absolute atomic E-state index is 11.1. The van der Waals surface area contributed by atoms with Gasteiger partial charge in [-0.3, -0.25) is 4.99 Å². The Labute approximate surface area is 160 Å². The van der Waals surface area contributed by atoms with Gasteiger partial charge in [-0.25, -0.2) is 8.42 Å². The SMILES string of the molecule is CCNC(=NCCS(C)(=O)=O)NCCc1ccc2c(c1)OCO2.I. The third kappa shape index (κ3) is 7.12. The number of nitrogens with zero attached hydrogens (tertiary/aromatic N) is 1. The van der Waals surface area contributed by atoms with Crippen molar-refractivity contribution in [1.82, 2.24) is 10.6 Å². The number of benzene rings is 1. The Morgan fingerprint density at radius 3 is 2.71 bits per heavy atom. The van der Waals surface area contributed by atoms with Gasteiger partial charge in [0, 0.05) is 19.3 Å². The Kier molecular flexibility index (Phi) is 8.60. The summed E-state index contributed by atoms with van der Waals surface area (Å²) < 4.78 is 32.9. The van der Waals surface area contributed by atoms with E-state index in [4.69, 9.17) is 9.47 Å². The van der Waals surface area contributed by atoms with Crippen LogP contribution in [0.3, 0.4) is 0 Å². The van der Waals surface area contributed by atoms with Crippen LogP contribution in [0.1, 0.15) is 12.5 Å². The highest BCUT2D eigenvalue weighted by molar-refractivity contribution is 14.0. The lowest BCUT2D eigenvalue weighted by Gasteiger charge is -2.11. The van der Waals surface area contributed by atoms with E-state index < -0.39 is 9.84 Å². The lowest BCUT2D eigenvalue weighted by atomic mass is 10.1. The van der Waals surface area contributed by atoms with Gasteiger partial charge in [0.25, 0.3) is 0 Å². The van der Waals surface area contributed by atoms with Crippen molar-refractivity contribution in [3.8, 4) is 11.5 Å². The average Bonchev–Trinajstić information content (AvgIpc) is 2.93. The van der Waals surface area contributed by atoms with E-state index in [1.54, 1.807) is 0 Å². The highest BCUT2D eigenvalue weighted by Gasteiger charge is 2.12. The minimum absolute atomic E-state index is 0. The lowest BCUT2D eigenvalue weighted by molar-refractivity contribution is 0.174. The largest absolute Gasteiger partial charge is 0.454 e. The van der Waals surface area contributed by atoms with Crippen molar-refractivity contribution >= 4 is 39.8 Å².